The molecule has 0 amide bonds. The maximum Gasteiger partial charge on any atom is 0.161 e. The number of nitrogens with zero attached hydrogens (tertiary/aromatic N) is 8. The molecule has 0 aliphatic carbocycles. The summed E-state index contributed by atoms with van der Waals surface area (Å²) >= 11 is 0. The number of rotatable bonds is 6. The highest BCUT2D eigenvalue weighted by Crippen LogP contribution is 2.32. The van der Waals surface area contributed by atoms with Crippen molar-refractivity contribution in [3.63, 3.8) is 0 Å². The maximum absolute atomic E-state index is 13.2. The standard InChI is InChI=1S/C25H21FN8O/c1-16(17-4-7-24(29-10-17)33-14-20(26)13-31-33)32(2)23-6-5-18(11-28-23)22-8-21(35-3)15-34-25(22)19(9-27)12-30-34/h4-8,10-16H,1-3H3/t16-/m0/s1. The average molecular weight is 468 g/mol. The van der Waals surface area contributed by atoms with Gasteiger partial charge in [0.25, 0.3) is 0 Å². The Bertz CT molecular complexity index is 1530. The molecule has 0 unspecified atom stereocenters. The Hall–Kier alpha value is -4.78. The number of hydrogen-bond donors (Lipinski definition) is 0. The normalized spacial score (nSPS) is 11.9. The summed E-state index contributed by atoms with van der Waals surface area (Å²) in [6, 6.07) is 11.7. The molecule has 0 bridgehead atoms. The second-order valence-electron chi connectivity index (χ2n) is 8.00. The molecule has 0 N–H and O–H groups in total. The first-order chi connectivity index (χ1) is 17.0. The van der Waals surface area contributed by atoms with E-state index in [2.05, 4.69) is 33.2 Å². The van der Waals surface area contributed by atoms with Crippen LogP contribution in [0.5, 0.6) is 5.75 Å². The van der Waals surface area contributed by atoms with Gasteiger partial charge < -0.3 is 9.64 Å². The molecule has 0 aliphatic rings. The second kappa shape index (κ2) is 8.87. The van der Waals surface area contributed by atoms with Crippen LogP contribution in [0.15, 0.2) is 67.5 Å². The molecular formula is C25H21FN8O. The molecule has 0 aliphatic heterocycles. The Balaban J connectivity index is 1.41. The molecule has 0 fully saturated rings. The van der Waals surface area contributed by atoms with Crippen LogP contribution in [0.3, 0.4) is 0 Å². The Morgan fingerprint density at radius 3 is 2.54 bits per heavy atom. The smallest absolute Gasteiger partial charge is 0.161 e. The van der Waals surface area contributed by atoms with Crippen LogP contribution in [0.4, 0.5) is 10.2 Å². The van der Waals surface area contributed by atoms with E-state index in [1.54, 1.807) is 36.3 Å². The summed E-state index contributed by atoms with van der Waals surface area (Å²) in [5, 5.41) is 17.7. The molecule has 0 saturated carbocycles. The van der Waals surface area contributed by atoms with Crippen molar-refractivity contribution in [2.45, 2.75) is 13.0 Å². The number of methoxy groups -OCH3 is 1. The zero-order chi connectivity index (χ0) is 24.5. The molecule has 1 atom stereocenters. The van der Waals surface area contributed by atoms with E-state index >= 15 is 0 Å². The predicted octanol–water partition coefficient (Wildman–Crippen LogP) is 4.19. The average Bonchev–Trinajstić information content (AvgIpc) is 3.53. The van der Waals surface area contributed by atoms with Crippen LogP contribution in [0.2, 0.25) is 0 Å². The van der Waals surface area contributed by atoms with E-state index in [0.717, 1.165) is 28.7 Å². The number of anilines is 1. The first kappa shape index (κ1) is 22.0. The minimum Gasteiger partial charge on any atom is -0.495 e. The molecule has 174 valence electrons. The van der Waals surface area contributed by atoms with E-state index in [0.29, 0.717) is 22.6 Å². The minimum atomic E-state index is -0.412. The number of aromatic nitrogens is 6. The molecule has 0 radical (unpaired) electrons. The highest BCUT2D eigenvalue weighted by molar-refractivity contribution is 5.85. The number of hydrogen-bond acceptors (Lipinski definition) is 7. The van der Waals surface area contributed by atoms with Crippen molar-refractivity contribution in [2.24, 2.45) is 0 Å². The van der Waals surface area contributed by atoms with Crippen LogP contribution < -0.4 is 9.64 Å². The lowest BCUT2D eigenvalue weighted by molar-refractivity contribution is 0.412. The number of nitriles is 1. The SMILES string of the molecule is COc1cc(-c2ccc(N(C)[C@@H](C)c3ccc(-n4cc(F)cn4)nc3)nc2)c2c(C#N)cnn2c1. The van der Waals surface area contributed by atoms with Gasteiger partial charge in [-0.3, -0.25) is 0 Å². The van der Waals surface area contributed by atoms with Gasteiger partial charge in [-0.15, -0.1) is 0 Å². The Morgan fingerprint density at radius 2 is 1.91 bits per heavy atom. The van der Waals surface area contributed by atoms with E-state index in [9.17, 15) is 9.65 Å². The van der Waals surface area contributed by atoms with Crippen LogP contribution in [0.1, 0.15) is 24.1 Å². The van der Waals surface area contributed by atoms with Crippen molar-refractivity contribution in [1.82, 2.24) is 29.4 Å². The second-order valence-corrected chi connectivity index (χ2v) is 8.00. The van der Waals surface area contributed by atoms with E-state index in [-0.39, 0.29) is 6.04 Å². The summed E-state index contributed by atoms with van der Waals surface area (Å²) in [5.41, 5.74) is 3.80. The van der Waals surface area contributed by atoms with Crippen LogP contribution in [0.25, 0.3) is 22.5 Å². The topological polar surface area (TPSA) is 97.2 Å². The first-order valence-corrected chi connectivity index (χ1v) is 10.8. The van der Waals surface area contributed by atoms with Gasteiger partial charge in [0, 0.05) is 30.6 Å². The summed E-state index contributed by atoms with van der Waals surface area (Å²) < 4.78 is 21.7. The zero-order valence-corrected chi connectivity index (χ0v) is 19.3. The molecule has 0 spiro atoms. The van der Waals surface area contributed by atoms with Crippen molar-refractivity contribution < 1.29 is 9.13 Å². The summed E-state index contributed by atoms with van der Waals surface area (Å²) in [4.78, 5) is 11.1. The third kappa shape index (κ3) is 4.04. The Kier molecular flexibility index (Phi) is 5.58. The first-order valence-electron chi connectivity index (χ1n) is 10.8. The van der Waals surface area contributed by atoms with Gasteiger partial charge in [0.2, 0.25) is 0 Å². The minimum absolute atomic E-state index is 0.0206. The maximum atomic E-state index is 13.2. The fourth-order valence-electron chi connectivity index (χ4n) is 3.89. The summed E-state index contributed by atoms with van der Waals surface area (Å²) in [5.74, 6) is 1.53. The van der Waals surface area contributed by atoms with Crippen molar-refractivity contribution >= 4 is 11.3 Å². The molecule has 0 saturated heterocycles. The molecule has 9 nitrogen and oxygen atoms in total. The Labute approximate surface area is 200 Å². The summed E-state index contributed by atoms with van der Waals surface area (Å²) in [7, 11) is 3.55. The molecule has 5 rings (SSSR count). The van der Waals surface area contributed by atoms with Gasteiger partial charge in [0.1, 0.15) is 17.6 Å². The molecule has 5 aromatic heterocycles. The lowest BCUT2D eigenvalue weighted by Crippen LogP contribution is -2.22. The quantitative estimate of drug-likeness (QED) is 0.369. The van der Waals surface area contributed by atoms with Crippen molar-refractivity contribution in [2.75, 3.05) is 19.1 Å². The van der Waals surface area contributed by atoms with Crippen molar-refractivity contribution in [1.29, 1.82) is 5.26 Å². The van der Waals surface area contributed by atoms with E-state index in [1.807, 2.05) is 36.2 Å². The van der Waals surface area contributed by atoms with Gasteiger partial charge in [0.15, 0.2) is 11.6 Å². The number of halogens is 1. The molecule has 0 aromatic carbocycles. The van der Waals surface area contributed by atoms with E-state index in [4.69, 9.17) is 4.74 Å². The number of pyridine rings is 3. The van der Waals surface area contributed by atoms with Crippen molar-refractivity contribution in [3.8, 4) is 28.8 Å². The molecular weight excluding hydrogens is 447 g/mol. The summed E-state index contributed by atoms with van der Waals surface area (Å²) in [6.45, 7) is 2.05. The Morgan fingerprint density at radius 1 is 1.06 bits per heavy atom. The van der Waals surface area contributed by atoms with Gasteiger partial charge in [0.05, 0.1) is 49.0 Å². The molecule has 5 heterocycles. The van der Waals surface area contributed by atoms with Gasteiger partial charge in [-0.2, -0.15) is 15.5 Å². The molecule has 35 heavy (non-hydrogen) atoms. The van der Waals surface area contributed by atoms with Gasteiger partial charge in [-0.1, -0.05) is 6.07 Å². The third-order valence-corrected chi connectivity index (χ3v) is 5.98. The van der Waals surface area contributed by atoms with Crippen LogP contribution in [-0.2, 0) is 0 Å². The molecule has 5 aromatic rings. The van der Waals surface area contributed by atoms with Crippen LogP contribution >= 0.6 is 0 Å². The van der Waals surface area contributed by atoms with E-state index < -0.39 is 5.82 Å². The number of ether oxygens (including phenoxy) is 1. The monoisotopic (exact) mass is 468 g/mol. The molecule has 10 heteroatoms. The van der Waals surface area contributed by atoms with Gasteiger partial charge in [-0.25, -0.2) is 23.6 Å². The fraction of sp³-hybridized carbons (Fsp3) is 0.160. The lowest BCUT2D eigenvalue weighted by Gasteiger charge is -2.26. The van der Waals surface area contributed by atoms with E-state index in [1.165, 1.54) is 17.1 Å². The lowest BCUT2D eigenvalue weighted by atomic mass is 10.0. The van der Waals surface area contributed by atoms with Crippen LogP contribution in [-0.4, -0.2) is 43.5 Å². The third-order valence-electron chi connectivity index (χ3n) is 5.98. The van der Waals surface area contributed by atoms with Gasteiger partial charge >= 0.3 is 0 Å². The largest absolute Gasteiger partial charge is 0.495 e. The fourth-order valence-corrected chi connectivity index (χ4v) is 3.89. The highest BCUT2D eigenvalue weighted by Gasteiger charge is 2.17. The van der Waals surface area contributed by atoms with Crippen molar-refractivity contribution in [3.05, 3.63) is 84.5 Å². The highest BCUT2D eigenvalue weighted by atomic mass is 19.1. The predicted molar refractivity (Wildman–Crippen MR) is 128 cm³/mol. The van der Waals surface area contributed by atoms with Gasteiger partial charge in [-0.05, 0) is 36.8 Å². The zero-order valence-electron chi connectivity index (χ0n) is 19.3. The van der Waals surface area contributed by atoms with Crippen LogP contribution in [0, 0.1) is 17.1 Å². The summed E-state index contributed by atoms with van der Waals surface area (Å²) in [6.07, 6.45) is 9.22. The number of fused-ring (bicyclic) bond motifs is 1.